The molecule has 0 heterocycles. The summed E-state index contributed by atoms with van der Waals surface area (Å²) < 4.78 is 27.6. The van der Waals surface area contributed by atoms with Crippen molar-refractivity contribution >= 4 is 27.5 Å². The third kappa shape index (κ3) is 2.55. The van der Waals surface area contributed by atoms with Gasteiger partial charge >= 0.3 is 0 Å². The molecule has 0 aliphatic carbocycles. The first-order valence-electron chi connectivity index (χ1n) is 5.07. The van der Waals surface area contributed by atoms with Crippen LogP contribution in [0.25, 0.3) is 0 Å². The standard InChI is InChI=1S/C13H8BrClF2O/c14-10-3-1-2-8(12(10)17)13(18)9-6-7(15)4-5-11(9)16/h1-6,13,18H. The molecule has 2 aromatic rings. The van der Waals surface area contributed by atoms with E-state index in [-0.39, 0.29) is 20.6 Å². The maximum atomic E-state index is 13.8. The fourth-order valence-corrected chi connectivity index (χ4v) is 2.19. The maximum Gasteiger partial charge on any atom is 0.143 e. The fourth-order valence-electron chi connectivity index (χ4n) is 1.62. The summed E-state index contributed by atoms with van der Waals surface area (Å²) in [5.74, 6) is -1.25. The molecular formula is C13H8BrClF2O. The summed E-state index contributed by atoms with van der Waals surface area (Å²) in [4.78, 5) is 0. The molecule has 1 N–H and O–H groups in total. The van der Waals surface area contributed by atoms with E-state index in [0.29, 0.717) is 0 Å². The molecule has 0 amide bonds. The zero-order valence-electron chi connectivity index (χ0n) is 9.00. The molecule has 1 atom stereocenters. The highest BCUT2D eigenvalue weighted by Crippen LogP contribution is 2.30. The van der Waals surface area contributed by atoms with Gasteiger partial charge in [-0.05, 0) is 40.2 Å². The van der Waals surface area contributed by atoms with Gasteiger partial charge in [-0.2, -0.15) is 0 Å². The number of rotatable bonds is 2. The van der Waals surface area contributed by atoms with E-state index in [0.717, 1.165) is 6.07 Å². The average molecular weight is 334 g/mol. The molecule has 0 fully saturated rings. The summed E-state index contributed by atoms with van der Waals surface area (Å²) in [5, 5.41) is 10.3. The Balaban J connectivity index is 2.51. The Labute approximate surface area is 116 Å². The lowest BCUT2D eigenvalue weighted by molar-refractivity contribution is 0.209. The van der Waals surface area contributed by atoms with E-state index in [1.165, 1.54) is 24.3 Å². The van der Waals surface area contributed by atoms with Crippen molar-refractivity contribution in [3.05, 3.63) is 68.7 Å². The van der Waals surface area contributed by atoms with Crippen LogP contribution in [0.4, 0.5) is 8.78 Å². The second kappa shape index (κ2) is 5.34. The highest BCUT2D eigenvalue weighted by atomic mass is 79.9. The molecule has 0 radical (unpaired) electrons. The molecule has 2 rings (SSSR count). The summed E-state index contributed by atoms with van der Waals surface area (Å²) in [6.45, 7) is 0. The molecule has 5 heteroatoms. The Morgan fingerprint density at radius 1 is 1.11 bits per heavy atom. The lowest BCUT2D eigenvalue weighted by Gasteiger charge is -2.14. The molecule has 1 nitrogen and oxygen atoms in total. The zero-order chi connectivity index (χ0) is 13.3. The predicted molar refractivity (Wildman–Crippen MR) is 69.6 cm³/mol. The summed E-state index contributed by atoms with van der Waals surface area (Å²) >= 11 is 8.75. The van der Waals surface area contributed by atoms with Crippen LogP contribution in [-0.2, 0) is 0 Å². The van der Waals surface area contributed by atoms with E-state index in [1.807, 2.05) is 0 Å². The van der Waals surface area contributed by atoms with E-state index in [4.69, 9.17) is 11.6 Å². The maximum absolute atomic E-state index is 13.8. The Morgan fingerprint density at radius 2 is 1.83 bits per heavy atom. The minimum absolute atomic E-state index is 0.00876. The van der Waals surface area contributed by atoms with E-state index in [2.05, 4.69) is 15.9 Å². The number of benzene rings is 2. The topological polar surface area (TPSA) is 20.2 Å². The smallest absolute Gasteiger partial charge is 0.143 e. The number of hydrogen-bond donors (Lipinski definition) is 1. The Morgan fingerprint density at radius 3 is 2.56 bits per heavy atom. The third-order valence-corrected chi connectivity index (χ3v) is 3.38. The first-order chi connectivity index (χ1) is 8.50. The largest absolute Gasteiger partial charge is 0.383 e. The number of hydrogen-bond acceptors (Lipinski definition) is 1. The van der Waals surface area contributed by atoms with Crippen LogP contribution in [0.15, 0.2) is 40.9 Å². The Hall–Kier alpha value is -0.970. The molecule has 94 valence electrons. The van der Waals surface area contributed by atoms with Crippen molar-refractivity contribution in [2.45, 2.75) is 6.10 Å². The molecule has 0 aromatic heterocycles. The molecule has 0 bridgehead atoms. The highest BCUT2D eigenvalue weighted by molar-refractivity contribution is 9.10. The lowest BCUT2D eigenvalue weighted by Crippen LogP contribution is -2.05. The lowest BCUT2D eigenvalue weighted by atomic mass is 10.0. The van der Waals surface area contributed by atoms with E-state index >= 15 is 0 Å². The van der Waals surface area contributed by atoms with E-state index in [9.17, 15) is 13.9 Å². The summed E-state index contributed by atoms with van der Waals surface area (Å²) in [6, 6.07) is 8.24. The first kappa shape index (κ1) is 13.5. The zero-order valence-corrected chi connectivity index (χ0v) is 11.3. The summed E-state index contributed by atoms with van der Waals surface area (Å²) in [6.07, 6.45) is -1.40. The quantitative estimate of drug-likeness (QED) is 0.860. The summed E-state index contributed by atoms with van der Waals surface area (Å²) in [5.41, 5.74) is -0.0648. The van der Waals surface area contributed by atoms with Crippen molar-refractivity contribution in [1.82, 2.24) is 0 Å². The van der Waals surface area contributed by atoms with Gasteiger partial charge in [-0.3, -0.25) is 0 Å². The van der Waals surface area contributed by atoms with Gasteiger partial charge < -0.3 is 5.11 Å². The normalized spacial score (nSPS) is 12.5. The van der Waals surface area contributed by atoms with Gasteiger partial charge in [0, 0.05) is 16.1 Å². The van der Waals surface area contributed by atoms with Crippen LogP contribution in [0.2, 0.25) is 5.02 Å². The van der Waals surface area contributed by atoms with Crippen molar-refractivity contribution in [1.29, 1.82) is 0 Å². The molecule has 0 saturated heterocycles. The molecule has 0 aliphatic heterocycles. The molecule has 0 saturated carbocycles. The van der Waals surface area contributed by atoms with Gasteiger partial charge in [0.25, 0.3) is 0 Å². The van der Waals surface area contributed by atoms with Crippen LogP contribution in [0.3, 0.4) is 0 Å². The van der Waals surface area contributed by atoms with Crippen molar-refractivity contribution in [3.63, 3.8) is 0 Å². The van der Waals surface area contributed by atoms with E-state index < -0.39 is 17.7 Å². The third-order valence-electron chi connectivity index (χ3n) is 2.53. The molecular weight excluding hydrogens is 325 g/mol. The first-order valence-corrected chi connectivity index (χ1v) is 6.24. The number of aliphatic hydroxyl groups excluding tert-OH is 1. The molecule has 18 heavy (non-hydrogen) atoms. The minimum atomic E-state index is -1.40. The fraction of sp³-hybridized carbons (Fsp3) is 0.0769. The predicted octanol–water partition coefficient (Wildman–Crippen LogP) is 4.46. The minimum Gasteiger partial charge on any atom is -0.383 e. The SMILES string of the molecule is OC(c1cc(Cl)ccc1F)c1cccc(Br)c1F. The van der Waals surface area contributed by atoms with E-state index in [1.54, 1.807) is 6.07 Å². The highest BCUT2D eigenvalue weighted by Gasteiger charge is 2.20. The van der Waals surface area contributed by atoms with Crippen LogP contribution >= 0.6 is 27.5 Å². The average Bonchev–Trinajstić information content (AvgIpc) is 2.35. The monoisotopic (exact) mass is 332 g/mol. The molecule has 0 spiro atoms. The van der Waals surface area contributed by atoms with Gasteiger partial charge in [-0.15, -0.1) is 0 Å². The Kier molecular flexibility index (Phi) is 4.00. The molecule has 2 aromatic carbocycles. The van der Waals surface area contributed by atoms with Gasteiger partial charge in [-0.25, -0.2) is 8.78 Å². The van der Waals surface area contributed by atoms with Gasteiger partial charge in [0.05, 0.1) is 4.47 Å². The summed E-state index contributed by atoms with van der Waals surface area (Å²) in [7, 11) is 0. The Bertz CT molecular complexity index is 587. The number of aliphatic hydroxyl groups is 1. The number of halogens is 4. The molecule has 1 unspecified atom stereocenters. The van der Waals surface area contributed by atoms with Crippen LogP contribution in [0, 0.1) is 11.6 Å². The van der Waals surface area contributed by atoms with Gasteiger partial charge in [0.15, 0.2) is 0 Å². The van der Waals surface area contributed by atoms with Gasteiger partial charge in [0.2, 0.25) is 0 Å². The van der Waals surface area contributed by atoms with Gasteiger partial charge in [-0.1, -0.05) is 23.7 Å². The van der Waals surface area contributed by atoms with Crippen molar-refractivity contribution in [3.8, 4) is 0 Å². The second-order valence-electron chi connectivity index (χ2n) is 3.71. The van der Waals surface area contributed by atoms with Crippen LogP contribution in [-0.4, -0.2) is 5.11 Å². The van der Waals surface area contributed by atoms with Crippen molar-refractivity contribution in [2.24, 2.45) is 0 Å². The van der Waals surface area contributed by atoms with Crippen molar-refractivity contribution < 1.29 is 13.9 Å². The molecule has 0 aliphatic rings. The van der Waals surface area contributed by atoms with Crippen LogP contribution in [0.5, 0.6) is 0 Å². The van der Waals surface area contributed by atoms with Crippen molar-refractivity contribution in [2.75, 3.05) is 0 Å². The van der Waals surface area contributed by atoms with Gasteiger partial charge in [0.1, 0.15) is 17.7 Å². The van der Waals surface area contributed by atoms with Crippen LogP contribution < -0.4 is 0 Å². The second-order valence-corrected chi connectivity index (χ2v) is 5.00. The van der Waals surface area contributed by atoms with Crippen LogP contribution in [0.1, 0.15) is 17.2 Å².